The lowest BCUT2D eigenvalue weighted by molar-refractivity contribution is -0.123. The van der Waals surface area contributed by atoms with E-state index in [1.807, 2.05) is 6.07 Å². The number of piperazine rings is 1. The van der Waals surface area contributed by atoms with E-state index in [1.165, 1.54) is 17.8 Å². The van der Waals surface area contributed by atoms with Crippen molar-refractivity contribution in [1.29, 1.82) is 0 Å². The van der Waals surface area contributed by atoms with E-state index in [9.17, 15) is 9.18 Å². The summed E-state index contributed by atoms with van der Waals surface area (Å²) in [5, 5.41) is 2.82. The van der Waals surface area contributed by atoms with Gasteiger partial charge in [0.05, 0.1) is 0 Å². The number of carbonyl (C=O) groups excluding carboxylic acids is 1. The fourth-order valence-corrected chi connectivity index (χ4v) is 2.98. The SMILES string of the molecule is O=C(COc1ccccc1F)NCCN1CCN(c2ccccc2)CC1. The van der Waals surface area contributed by atoms with Crippen LogP contribution in [0.3, 0.4) is 0 Å². The zero-order valence-corrected chi connectivity index (χ0v) is 14.7. The van der Waals surface area contributed by atoms with Crippen LogP contribution in [0.4, 0.5) is 10.1 Å². The zero-order valence-electron chi connectivity index (χ0n) is 14.7. The largest absolute Gasteiger partial charge is 0.481 e. The van der Waals surface area contributed by atoms with Crippen molar-refractivity contribution in [2.45, 2.75) is 0 Å². The third-order valence-corrected chi connectivity index (χ3v) is 4.44. The van der Waals surface area contributed by atoms with Gasteiger partial charge in [0.2, 0.25) is 0 Å². The molecule has 1 fully saturated rings. The molecule has 0 saturated carbocycles. The number of carbonyl (C=O) groups is 1. The Balaban J connectivity index is 1.32. The molecule has 1 amide bonds. The minimum absolute atomic E-state index is 0.0969. The molecule has 1 aliphatic rings. The van der Waals surface area contributed by atoms with Gasteiger partial charge < -0.3 is 15.0 Å². The summed E-state index contributed by atoms with van der Waals surface area (Å²) >= 11 is 0. The highest BCUT2D eigenvalue weighted by Crippen LogP contribution is 2.16. The van der Waals surface area contributed by atoms with E-state index in [0.717, 1.165) is 32.7 Å². The summed E-state index contributed by atoms with van der Waals surface area (Å²) in [6.07, 6.45) is 0. The number of para-hydroxylation sites is 2. The summed E-state index contributed by atoms with van der Waals surface area (Å²) in [6, 6.07) is 16.5. The molecule has 0 atom stereocenters. The Morgan fingerprint density at radius 2 is 1.69 bits per heavy atom. The van der Waals surface area contributed by atoms with Gasteiger partial charge in [0.15, 0.2) is 18.2 Å². The molecule has 0 aromatic heterocycles. The molecule has 0 unspecified atom stereocenters. The lowest BCUT2D eigenvalue weighted by Gasteiger charge is -2.36. The Morgan fingerprint density at radius 3 is 2.42 bits per heavy atom. The van der Waals surface area contributed by atoms with Crippen LogP contribution >= 0.6 is 0 Å². The van der Waals surface area contributed by atoms with Gasteiger partial charge in [-0.3, -0.25) is 9.69 Å². The number of amides is 1. The predicted octanol–water partition coefficient (Wildman–Crippen LogP) is 2.14. The Morgan fingerprint density at radius 1 is 1.00 bits per heavy atom. The van der Waals surface area contributed by atoms with Crippen LogP contribution in [0.1, 0.15) is 0 Å². The van der Waals surface area contributed by atoms with Crippen molar-refractivity contribution in [3.8, 4) is 5.75 Å². The van der Waals surface area contributed by atoms with Crippen molar-refractivity contribution >= 4 is 11.6 Å². The van der Waals surface area contributed by atoms with Crippen LogP contribution < -0.4 is 15.0 Å². The standard InChI is InChI=1S/C20H24FN3O2/c21-18-8-4-5-9-19(18)26-16-20(25)22-10-11-23-12-14-24(15-13-23)17-6-2-1-3-7-17/h1-9H,10-16H2,(H,22,25). The van der Waals surface area contributed by atoms with Crippen LogP contribution in [0.15, 0.2) is 54.6 Å². The van der Waals surface area contributed by atoms with E-state index >= 15 is 0 Å². The molecule has 6 heteroatoms. The summed E-state index contributed by atoms with van der Waals surface area (Å²) < 4.78 is 18.6. The second-order valence-corrected chi connectivity index (χ2v) is 6.23. The number of hydrogen-bond donors (Lipinski definition) is 1. The third kappa shape index (κ3) is 5.20. The molecule has 1 aliphatic heterocycles. The van der Waals surface area contributed by atoms with E-state index in [1.54, 1.807) is 12.1 Å². The number of anilines is 1. The Kier molecular flexibility index (Phi) is 6.44. The van der Waals surface area contributed by atoms with Crippen LogP contribution in [-0.2, 0) is 4.79 Å². The topological polar surface area (TPSA) is 44.8 Å². The van der Waals surface area contributed by atoms with E-state index < -0.39 is 5.82 Å². The Labute approximate surface area is 153 Å². The number of nitrogens with one attached hydrogen (secondary N) is 1. The molecular formula is C20H24FN3O2. The molecule has 0 aliphatic carbocycles. The molecule has 0 spiro atoms. The maximum Gasteiger partial charge on any atom is 0.257 e. The first-order chi connectivity index (χ1) is 12.7. The van der Waals surface area contributed by atoms with Gasteiger partial charge in [-0.1, -0.05) is 30.3 Å². The molecule has 26 heavy (non-hydrogen) atoms. The zero-order chi connectivity index (χ0) is 18.2. The summed E-state index contributed by atoms with van der Waals surface area (Å²) in [5.41, 5.74) is 1.26. The van der Waals surface area contributed by atoms with Crippen molar-refractivity contribution in [1.82, 2.24) is 10.2 Å². The molecule has 1 saturated heterocycles. The number of nitrogens with zero attached hydrogens (tertiary/aromatic N) is 2. The average Bonchev–Trinajstić information content (AvgIpc) is 2.69. The summed E-state index contributed by atoms with van der Waals surface area (Å²) in [6.45, 7) is 5.08. The highest BCUT2D eigenvalue weighted by atomic mass is 19.1. The molecule has 2 aromatic rings. The lowest BCUT2D eigenvalue weighted by atomic mass is 10.2. The van der Waals surface area contributed by atoms with E-state index in [4.69, 9.17) is 4.74 Å². The van der Waals surface area contributed by atoms with Gasteiger partial charge in [-0.25, -0.2) is 4.39 Å². The maximum absolute atomic E-state index is 13.4. The molecule has 1 heterocycles. The van der Waals surface area contributed by atoms with Crippen molar-refractivity contribution in [3.63, 3.8) is 0 Å². The molecule has 2 aromatic carbocycles. The van der Waals surface area contributed by atoms with Crippen LogP contribution in [0, 0.1) is 5.82 Å². The monoisotopic (exact) mass is 357 g/mol. The summed E-state index contributed by atoms with van der Waals surface area (Å²) in [4.78, 5) is 16.5. The van der Waals surface area contributed by atoms with E-state index in [0.29, 0.717) is 6.54 Å². The van der Waals surface area contributed by atoms with E-state index in [-0.39, 0.29) is 18.3 Å². The predicted molar refractivity (Wildman–Crippen MR) is 100.0 cm³/mol. The maximum atomic E-state index is 13.4. The van der Waals surface area contributed by atoms with Gasteiger partial charge in [-0.2, -0.15) is 0 Å². The van der Waals surface area contributed by atoms with Crippen LogP contribution in [0.5, 0.6) is 5.75 Å². The van der Waals surface area contributed by atoms with Crippen LogP contribution in [0.2, 0.25) is 0 Å². The highest BCUT2D eigenvalue weighted by molar-refractivity contribution is 5.77. The first-order valence-corrected chi connectivity index (χ1v) is 8.89. The molecule has 5 nitrogen and oxygen atoms in total. The number of hydrogen-bond acceptors (Lipinski definition) is 4. The number of rotatable bonds is 7. The average molecular weight is 357 g/mol. The van der Waals surface area contributed by atoms with Gasteiger partial charge in [-0.05, 0) is 24.3 Å². The van der Waals surface area contributed by atoms with E-state index in [2.05, 4.69) is 39.4 Å². The summed E-state index contributed by atoms with van der Waals surface area (Å²) in [7, 11) is 0. The smallest absolute Gasteiger partial charge is 0.257 e. The van der Waals surface area contributed by atoms with Crippen LogP contribution in [0.25, 0.3) is 0 Å². The first-order valence-electron chi connectivity index (χ1n) is 8.89. The van der Waals surface area contributed by atoms with Gasteiger partial charge in [-0.15, -0.1) is 0 Å². The fraction of sp³-hybridized carbons (Fsp3) is 0.350. The number of ether oxygens (including phenoxy) is 1. The Bertz CT molecular complexity index is 703. The van der Waals surface area contributed by atoms with Gasteiger partial charge >= 0.3 is 0 Å². The highest BCUT2D eigenvalue weighted by Gasteiger charge is 2.16. The molecular weight excluding hydrogens is 333 g/mol. The molecule has 1 N–H and O–H groups in total. The van der Waals surface area contributed by atoms with Crippen molar-refractivity contribution in [2.75, 3.05) is 50.8 Å². The third-order valence-electron chi connectivity index (χ3n) is 4.44. The Hall–Kier alpha value is -2.60. The van der Waals surface area contributed by atoms with Crippen molar-refractivity contribution in [2.24, 2.45) is 0 Å². The quantitative estimate of drug-likeness (QED) is 0.825. The molecule has 138 valence electrons. The number of benzene rings is 2. The summed E-state index contributed by atoms with van der Waals surface area (Å²) in [5.74, 6) is -0.604. The minimum Gasteiger partial charge on any atom is -0.481 e. The lowest BCUT2D eigenvalue weighted by Crippen LogP contribution is -2.48. The molecule has 3 rings (SSSR count). The minimum atomic E-state index is -0.461. The normalized spacial score (nSPS) is 14.9. The fourth-order valence-electron chi connectivity index (χ4n) is 2.98. The number of halogens is 1. The van der Waals surface area contributed by atoms with Crippen molar-refractivity contribution in [3.05, 3.63) is 60.4 Å². The molecule has 0 bridgehead atoms. The second-order valence-electron chi connectivity index (χ2n) is 6.23. The van der Waals surface area contributed by atoms with Gasteiger partial charge in [0.1, 0.15) is 0 Å². The van der Waals surface area contributed by atoms with Gasteiger partial charge in [0.25, 0.3) is 5.91 Å². The molecule has 0 radical (unpaired) electrons. The first kappa shape index (κ1) is 18.2. The van der Waals surface area contributed by atoms with Crippen LogP contribution in [-0.4, -0.2) is 56.7 Å². The van der Waals surface area contributed by atoms with Gasteiger partial charge in [0, 0.05) is 45.0 Å². The second kappa shape index (κ2) is 9.20. The van der Waals surface area contributed by atoms with Crippen molar-refractivity contribution < 1.29 is 13.9 Å².